The molecule has 2 N–H and O–H groups in total. The summed E-state index contributed by atoms with van der Waals surface area (Å²) in [6.45, 7) is 8.54. The van der Waals surface area contributed by atoms with Crippen LogP contribution in [0, 0.1) is 0 Å². The standard InChI is InChI=1S/C14H27N3O3S/c1-5-15-10-13-9-14(11-17(13)12(2)3)21(18,19)16-7-6-8-20-4/h9,11-12,15-16H,5-8,10H2,1-4H3. The van der Waals surface area contributed by atoms with E-state index in [-0.39, 0.29) is 6.04 Å². The molecule has 0 unspecified atom stereocenters. The predicted octanol–water partition coefficient (Wildman–Crippen LogP) is 1.49. The maximum absolute atomic E-state index is 12.3. The Bertz CT molecular complexity index is 524. The van der Waals surface area contributed by atoms with E-state index < -0.39 is 10.0 Å². The van der Waals surface area contributed by atoms with Crippen LogP contribution in [0.15, 0.2) is 17.2 Å². The molecule has 0 fully saturated rings. The van der Waals surface area contributed by atoms with Gasteiger partial charge < -0.3 is 14.6 Å². The largest absolute Gasteiger partial charge is 0.385 e. The zero-order valence-corrected chi connectivity index (χ0v) is 14.2. The molecule has 0 spiro atoms. The van der Waals surface area contributed by atoms with E-state index in [9.17, 15) is 8.42 Å². The van der Waals surface area contributed by atoms with Crippen LogP contribution in [0.1, 0.15) is 38.9 Å². The molecule has 21 heavy (non-hydrogen) atoms. The van der Waals surface area contributed by atoms with E-state index in [1.807, 2.05) is 25.3 Å². The second-order valence-corrected chi connectivity index (χ2v) is 6.96. The van der Waals surface area contributed by atoms with Crippen LogP contribution in [0.4, 0.5) is 0 Å². The Morgan fingerprint density at radius 2 is 2.10 bits per heavy atom. The van der Waals surface area contributed by atoms with E-state index in [1.54, 1.807) is 19.4 Å². The van der Waals surface area contributed by atoms with Gasteiger partial charge in [0.1, 0.15) is 0 Å². The molecule has 0 bridgehead atoms. The molecule has 6 nitrogen and oxygen atoms in total. The van der Waals surface area contributed by atoms with Crippen molar-refractivity contribution >= 4 is 10.0 Å². The van der Waals surface area contributed by atoms with Crippen LogP contribution < -0.4 is 10.0 Å². The van der Waals surface area contributed by atoms with E-state index in [4.69, 9.17) is 4.74 Å². The average Bonchev–Trinajstić information content (AvgIpc) is 2.86. The molecule has 0 saturated carbocycles. The highest BCUT2D eigenvalue weighted by Crippen LogP contribution is 2.18. The summed E-state index contributed by atoms with van der Waals surface area (Å²) in [5, 5.41) is 3.23. The highest BCUT2D eigenvalue weighted by atomic mass is 32.2. The van der Waals surface area contributed by atoms with E-state index in [0.717, 1.165) is 12.2 Å². The van der Waals surface area contributed by atoms with Gasteiger partial charge in [0.2, 0.25) is 10.0 Å². The van der Waals surface area contributed by atoms with Crippen LogP contribution in [0.2, 0.25) is 0 Å². The van der Waals surface area contributed by atoms with Gasteiger partial charge in [0.05, 0.1) is 4.90 Å². The van der Waals surface area contributed by atoms with Gasteiger partial charge in [-0.05, 0) is 32.9 Å². The van der Waals surface area contributed by atoms with Gasteiger partial charge in [0.25, 0.3) is 0 Å². The lowest BCUT2D eigenvalue weighted by atomic mass is 10.3. The second-order valence-electron chi connectivity index (χ2n) is 5.19. The van der Waals surface area contributed by atoms with Gasteiger partial charge in [-0.3, -0.25) is 0 Å². The van der Waals surface area contributed by atoms with Crippen LogP contribution in [0.3, 0.4) is 0 Å². The minimum absolute atomic E-state index is 0.219. The van der Waals surface area contributed by atoms with Crippen molar-refractivity contribution in [3.05, 3.63) is 18.0 Å². The van der Waals surface area contributed by atoms with E-state index in [2.05, 4.69) is 10.0 Å². The predicted molar refractivity (Wildman–Crippen MR) is 83.9 cm³/mol. The fourth-order valence-corrected chi connectivity index (χ4v) is 3.15. The van der Waals surface area contributed by atoms with Crippen LogP contribution in [-0.4, -0.2) is 39.8 Å². The lowest BCUT2D eigenvalue weighted by molar-refractivity contribution is 0.196. The lowest BCUT2D eigenvalue weighted by Gasteiger charge is -2.12. The third-order valence-corrected chi connectivity index (χ3v) is 4.57. The van der Waals surface area contributed by atoms with Gasteiger partial charge in [-0.25, -0.2) is 13.1 Å². The zero-order chi connectivity index (χ0) is 15.9. The summed E-state index contributed by atoms with van der Waals surface area (Å²) < 4.78 is 34.1. The molecule has 0 aliphatic carbocycles. The number of nitrogens with zero attached hydrogens (tertiary/aromatic N) is 1. The molecular formula is C14H27N3O3S. The van der Waals surface area contributed by atoms with Crippen LogP contribution in [0.5, 0.6) is 0 Å². The minimum Gasteiger partial charge on any atom is -0.385 e. The Labute approximate surface area is 127 Å². The van der Waals surface area contributed by atoms with E-state index in [0.29, 0.717) is 31.0 Å². The van der Waals surface area contributed by atoms with Crippen molar-refractivity contribution in [2.75, 3.05) is 26.8 Å². The van der Waals surface area contributed by atoms with Crippen LogP contribution in [0.25, 0.3) is 0 Å². The highest BCUT2D eigenvalue weighted by molar-refractivity contribution is 7.89. The molecule has 0 aliphatic rings. The lowest BCUT2D eigenvalue weighted by Crippen LogP contribution is -2.25. The first-order valence-electron chi connectivity index (χ1n) is 7.32. The first-order valence-corrected chi connectivity index (χ1v) is 8.80. The molecule has 0 aromatic carbocycles. The maximum atomic E-state index is 12.3. The molecule has 0 saturated heterocycles. The van der Waals surface area contributed by atoms with Crippen molar-refractivity contribution in [1.82, 2.24) is 14.6 Å². The van der Waals surface area contributed by atoms with Gasteiger partial charge >= 0.3 is 0 Å². The van der Waals surface area contributed by atoms with Crippen molar-refractivity contribution in [1.29, 1.82) is 0 Å². The molecule has 122 valence electrons. The number of sulfonamides is 1. The summed E-state index contributed by atoms with van der Waals surface area (Å²) in [4.78, 5) is 0.321. The number of hydrogen-bond acceptors (Lipinski definition) is 4. The normalized spacial score (nSPS) is 12.2. The summed E-state index contributed by atoms with van der Waals surface area (Å²) in [6.07, 6.45) is 2.36. The number of rotatable bonds is 10. The van der Waals surface area contributed by atoms with Crippen molar-refractivity contribution in [2.45, 2.75) is 44.7 Å². The number of hydrogen-bond donors (Lipinski definition) is 2. The molecule has 1 aromatic heterocycles. The van der Waals surface area contributed by atoms with Crippen LogP contribution >= 0.6 is 0 Å². The quantitative estimate of drug-likeness (QED) is 0.641. The highest BCUT2D eigenvalue weighted by Gasteiger charge is 2.18. The summed E-state index contributed by atoms with van der Waals surface area (Å²) in [5.41, 5.74) is 0.976. The zero-order valence-electron chi connectivity index (χ0n) is 13.3. The summed E-state index contributed by atoms with van der Waals surface area (Å²) in [7, 11) is -1.85. The maximum Gasteiger partial charge on any atom is 0.242 e. The molecular weight excluding hydrogens is 290 g/mol. The van der Waals surface area contributed by atoms with E-state index >= 15 is 0 Å². The number of methoxy groups -OCH3 is 1. The van der Waals surface area contributed by atoms with Crippen LogP contribution in [-0.2, 0) is 21.3 Å². The van der Waals surface area contributed by atoms with Gasteiger partial charge in [0, 0.05) is 44.7 Å². The van der Waals surface area contributed by atoms with Crippen molar-refractivity contribution in [2.24, 2.45) is 0 Å². The Hall–Kier alpha value is -0.890. The molecule has 0 aliphatic heterocycles. The summed E-state index contributed by atoms with van der Waals surface area (Å²) in [5.74, 6) is 0. The molecule has 0 radical (unpaired) electrons. The van der Waals surface area contributed by atoms with Gasteiger partial charge in [-0.15, -0.1) is 0 Å². The number of aromatic nitrogens is 1. The first-order chi connectivity index (χ1) is 9.92. The fourth-order valence-electron chi connectivity index (χ4n) is 2.03. The van der Waals surface area contributed by atoms with E-state index in [1.165, 1.54) is 0 Å². The molecule has 1 aromatic rings. The second kappa shape index (κ2) is 8.53. The SMILES string of the molecule is CCNCc1cc(S(=O)(=O)NCCCOC)cn1C(C)C. The Morgan fingerprint density at radius 1 is 1.38 bits per heavy atom. The summed E-state index contributed by atoms with van der Waals surface area (Å²) >= 11 is 0. The Morgan fingerprint density at radius 3 is 2.67 bits per heavy atom. The molecule has 1 heterocycles. The van der Waals surface area contributed by atoms with Crippen molar-refractivity contribution in [3.8, 4) is 0 Å². The average molecular weight is 317 g/mol. The molecule has 0 atom stereocenters. The molecule has 1 rings (SSSR count). The third-order valence-electron chi connectivity index (χ3n) is 3.15. The van der Waals surface area contributed by atoms with Gasteiger partial charge in [0.15, 0.2) is 0 Å². The smallest absolute Gasteiger partial charge is 0.242 e. The Kier molecular flexibility index (Phi) is 7.37. The number of nitrogens with one attached hydrogen (secondary N) is 2. The third kappa shape index (κ3) is 5.43. The Balaban J connectivity index is 2.86. The molecule has 7 heteroatoms. The topological polar surface area (TPSA) is 72.4 Å². The van der Waals surface area contributed by atoms with Gasteiger partial charge in [-0.1, -0.05) is 6.92 Å². The minimum atomic E-state index is -3.46. The van der Waals surface area contributed by atoms with Crippen molar-refractivity contribution < 1.29 is 13.2 Å². The molecule has 0 amide bonds. The van der Waals surface area contributed by atoms with Crippen molar-refractivity contribution in [3.63, 3.8) is 0 Å². The number of ether oxygens (including phenoxy) is 1. The monoisotopic (exact) mass is 317 g/mol. The fraction of sp³-hybridized carbons (Fsp3) is 0.714. The first kappa shape index (κ1) is 18.2. The summed E-state index contributed by atoms with van der Waals surface area (Å²) in [6, 6.07) is 1.96. The van der Waals surface area contributed by atoms with Gasteiger partial charge in [-0.2, -0.15) is 0 Å².